The molecule has 1 aromatic carbocycles. The summed E-state index contributed by atoms with van der Waals surface area (Å²) in [6, 6.07) is 7.77. The zero-order chi connectivity index (χ0) is 19.3. The first-order valence-electron chi connectivity index (χ1n) is 10.9. The summed E-state index contributed by atoms with van der Waals surface area (Å²) in [5, 5.41) is 3.21. The lowest BCUT2D eigenvalue weighted by Crippen LogP contribution is -2.53. The van der Waals surface area contributed by atoms with E-state index in [1.54, 1.807) is 0 Å². The summed E-state index contributed by atoms with van der Waals surface area (Å²) in [7, 11) is 0. The fraction of sp³-hybridized carbons (Fsp3) is 0.652. The van der Waals surface area contributed by atoms with E-state index in [1.165, 1.54) is 19.3 Å². The third kappa shape index (κ3) is 3.91. The smallest absolute Gasteiger partial charge is 0.253 e. The Labute approximate surface area is 179 Å². The van der Waals surface area contributed by atoms with Crippen LogP contribution in [-0.4, -0.2) is 35.8 Å². The highest BCUT2D eigenvalue weighted by atomic mass is 35.5. The van der Waals surface area contributed by atoms with Crippen LogP contribution in [-0.2, 0) is 11.3 Å². The van der Waals surface area contributed by atoms with E-state index in [1.807, 2.05) is 29.2 Å². The lowest BCUT2D eigenvalue weighted by Gasteiger charge is -2.55. The number of carbonyl (C=O) groups is 2. The second-order valence-electron chi connectivity index (χ2n) is 9.88. The number of amides is 2. The van der Waals surface area contributed by atoms with E-state index in [0.29, 0.717) is 18.7 Å². The van der Waals surface area contributed by atoms with Gasteiger partial charge in [0.05, 0.1) is 0 Å². The Bertz CT molecular complexity index is 744. The standard InChI is InChI=1S/C23H31N3O2.ClH/c24-20-5-6-26(14-20)21(27)19-3-1-15(2-4-19)13-25-22(28)23-10-16-7-17(11-23)9-18(8-16)12-23;/h1-4,16-18,20H,5-14,24H2,(H,25,28);1H/t16?,17?,18?,20-,23?;/m1./s1. The Morgan fingerprint density at radius 1 is 1.03 bits per heavy atom. The van der Waals surface area contributed by atoms with Gasteiger partial charge in [0, 0.05) is 36.7 Å². The number of benzene rings is 1. The van der Waals surface area contributed by atoms with Crippen LogP contribution in [0.5, 0.6) is 0 Å². The van der Waals surface area contributed by atoms with Gasteiger partial charge in [0.1, 0.15) is 0 Å². The molecule has 5 fully saturated rings. The predicted octanol–water partition coefficient (Wildman–Crippen LogP) is 3.11. The summed E-state index contributed by atoms with van der Waals surface area (Å²) in [5.74, 6) is 2.65. The number of nitrogens with one attached hydrogen (secondary N) is 1. The van der Waals surface area contributed by atoms with Crippen molar-refractivity contribution in [1.82, 2.24) is 10.2 Å². The summed E-state index contributed by atoms with van der Waals surface area (Å²) in [4.78, 5) is 27.4. The van der Waals surface area contributed by atoms with E-state index in [-0.39, 0.29) is 35.7 Å². The molecule has 1 heterocycles. The van der Waals surface area contributed by atoms with Crippen LogP contribution in [0.3, 0.4) is 0 Å². The lowest BCUT2D eigenvalue weighted by molar-refractivity contribution is -0.146. The van der Waals surface area contributed by atoms with Crippen molar-refractivity contribution >= 4 is 24.2 Å². The molecule has 0 unspecified atom stereocenters. The number of hydrogen-bond acceptors (Lipinski definition) is 3. The number of nitrogens with two attached hydrogens (primary N) is 1. The van der Waals surface area contributed by atoms with Crippen molar-refractivity contribution in [2.75, 3.05) is 13.1 Å². The molecule has 0 radical (unpaired) electrons. The van der Waals surface area contributed by atoms with Crippen molar-refractivity contribution in [3.8, 4) is 0 Å². The first-order chi connectivity index (χ1) is 13.5. The van der Waals surface area contributed by atoms with Gasteiger partial charge in [-0.05, 0) is 80.4 Å². The van der Waals surface area contributed by atoms with Gasteiger partial charge < -0.3 is 16.0 Å². The van der Waals surface area contributed by atoms with Crippen molar-refractivity contribution in [2.24, 2.45) is 28.9 Å². The maximum atomic E-state index is 13.1. The second-order valence-corrected chi connectivity index (χ2v) is 9.88. The summed E-state index contributed by atoms with van der Waals surface area (Å²) in [5.41, 5.74) is 7.56. The number of rotatable bonds is 4. The van der Waals surface area contributed by atoms with E-state index in [4.69, 9.17) is 5.73 Å². The fourth-order valence-corrected chi connectivity index (χ4v) is 6.68. The van der Waals surface area contributed by atoms with Crippen LogP contribution in [0.25, 0.3) is 0 Å². The Morgan fingerprint density at radius 3 is 2.14 bits per heavy atom. The van der Waals surface area contributed by atoms with Crippen molar-refractivity contribution in [1.29, 1.82) is 0 Å². The normalized spacial score (nSPS) is 34.7. The van der Waals surface area contributed by atoms with Crippen LogP contribution in [0.2, 0.25) is 0 Å². The number of carbonyl (C=O) groups excluding carboxylic acids is 2. The predicted molar refractivity (Wildman–Crippen MR) is 115 cm³/mol. The van der Waals surface area contributed by atoms with Gasteiger partial charge in [-0.2, -0.15) is 0 Å². The Hall–Kier alpha value is -1.59. The first-order valence-corrected chi connectivity index (χ1v) is 10.9. The minimum absolute atomic E-state index is 0. The zero-order valence-electron chi connectivity index (χ0n) is 16.9. The van der Waals surface area contributed by atoms with Crippen LogP contribution in [0.4, 0.5) is 0 Å². The molecular weight excluding hydrogens is 386 g/mol. The third-order valence-corrected chi connectivity index (χ3v) is 7.69. The van der Waals surface area contributed by atoms with Crippen molar-refractivity contribution in [3.05, 3.63) is 35.4 Å². The highest BCUT2D eigenvalue weighted by Gasteiger charge is 2.54. The maximum Gasteiger partial charge on any atom is 0.253 e. The van der Waals surface area contributed by atoms with Gasteiger partial charge in [0.25, 0.3) is 5.91 Å². The van der Waals surface area contributed by atoms with E-state index in [0.717, 1.165) is 55.5 Å². The van der Waals surface area contributed by atoms with Gasteiger partial charge in [-0.1, -0.05) is 12.1 Å². The van der Waals surface area contributed by atoms with E-state index in [9.17, 15) is 9.59 Å². The molecule has 2 amide bonds. The number of hydrogen-bond donors (Lipinski definition) is 2. The fourth-order valence-electron chi connectivity index (χ4n) is 6.68. The van der Waals surface area contributed by atoms with Crippen LogP contribution in [0.1, 0.15) is 60.9 Å². The number of halogens is 1. The topological polar surface area (TPSA) is 75.4 Å². The minimum Gasteiger partial charge on any atom is -0.352 e. The molecule has 6 rings (SSSR count). The highest BCUT2D eigenvalue weighted by molar-refractivity contribution is 5.94. The Kier molecular flexibility index (Phi) is 5.64. The third-order valence-electron chi connectivity index (χ3n) is 7.69. The average Bonchev–Trinajstić information content (AvgIpc) is 3.11. The largest absolute Gasteiger partial charge is 0.352 e. The highest BCUT2D eigenvalue weighted by Crippen LogP contribution is 2.60. The Morgan fingerprint density at radius 2 is 1.62 bits per heavy atom. The summed E-state index contributed by atoms with van der Waals surface area (Å²) >= 11 is 0. The van der Waals surface area contributed by atoms with Gasteiger partial charge in [-0.3, -0.25) is 9.59 Å². The average molecular weight is 418 g/mol. The summed E-state index contributed by atoms with van der Waals surface area (Å²) in [6.45, 7) is 1.92. The minimum atomic E-state index is -0.0980. The molecule has 4 saturated carbocycles. The molecule has 0 spiro atoms. The monoisotopic (exact) mass is 417 g/mol. The molecule has 1 aliphatic heterocycles. The number of nitrogens with zero attached hydrogens (tertiary/aromatic N) is 1. The quantitative estimate of drug-likeness (QED) is 0.790. The van der Waals surface area contributed by atoms with Crippen LogP contribution in [0, 0.1) is 23.2 Å². The van der Waals surface area contributed by atoms with Crippen molar-refractivity contribution in [3.63, 3.8) is 0 Å². The van der Waals surface area contributed by atoms with Crippen LogP contribution < -0.4 is 11.1 Å². The molecule has 158 valence electrons. The number of likely N-dealkylation sites (tertiary alicyclic amines) is 1. The van der Waals surface area contributed by atoms with Gasteiger partial charge in [0.15, 0.2) is 0 Å². The SMILES string of the molecule is Cl.N[C@@H]1CCN(C(=O)c2ccc(CNC(=O)C34CC5CC(CC(C5)C3)C4)cc2)C1. The molecule has 5 aliphatic rings. The molecule has 6 heteroatoms. The maximum absolute atomic E-state index is 13.1. The van der Waals surface area contributed by atoms with Gasteiger partial charge >= 0.3 is 0 Å². The van der Waals surface area contributed by atoms with E-state index >= 15 is 0 Å². The van der Waals surface area contributed by atoms with Crippen LogP contribution in [0.15, 0.2) is 24.3 Å². The zero-order valence-corrected chi connectivity index (χ0v) is 17.8. The summed E-state index contributed by atoms with van der Waals surface area (Å²) < 4.78 is 0. The summed E-state index contributed by atoms with van der Waals surface area (Å²) in [6.07, 6.45) is 8.21. The van der Waals surface area contributed by atoms with Crippen molar-refractivity contribution < 1.29 is 9.59 Å². The molecule has 1 atom stereocenters. The van der Waals surface area contributed by atoms with Crippen LogP contribution >= 0.6 is 12.4 Å². The van der Waals surface area contributed by atoms with E-state index in [2.05, 4.69) is 5.32 Å². The second kappa shape index (κ2) is 7.92. The molecule has 4 bridgehead atoms. The van der Waals surface area contributed by atoms with Gasteiger partial charge in [0.2, 0.25) is 5.91 Å². The molecule has 5 nitrogen and oxygen atoms in total. The van der Waals surface area contributed by atoms with E-state index < -0.39 is 0 Å². The van der Waals surface area contributed by atoms with Gasteiger partial charge in [-0.25, -0.2) is 0 Å². The Balaban J connectivity index is 0.00000205. The van der Waals surface area contributed by atoms with Gasteiger partial charge in [-0.15, -0.1) is 12.4 Å². The lowest BCUT2D eigenvalue weighted by atomic mass is 9.49. The molecule has 29 heavy (non-hydrogen) atoms. The molecule has 1 aromatic rings. The molecular formula is C23H32ClN3O2. The molecule has 4 aliphatic carbocycles. The first kappa shape index (κ1) is 20.7. The molecule has 3 N–H and O–H groups in total. The molecule has 1 saturated heterocycles. The molecule has 0 aromatic heterocycles. The van der Waals surface area contributed by atoms with Crippen molar-refractivity contribution in [2.45, 2.75) is 57.5 Å².